The molecule has 0 amide bonds. The molecule has 1 aliphatic rings. The quantitative estimate of drug-likeness (QED) is 0.596. The lowest BCUT2D eigenvalue weighted by atomic mass is 9.87. The molecule has 0 fully saturated rings. The monoisotopic (exact) mass is 195 g/mol. The highest BCUT2D eigenvalue weighted by atomic mass is 35.5. The average Bonchev–Trinajstić information content (AvgIpc) is 2.06. The first-order chi connectivity index (χ1) is 6.16. The molecule has 2 rings (SSSR count). The number of carbonyl (C=O) groups is 1. The Labute approximate surface area is 81.9 Å². The topological polar surface area (TPSA) is 30.0 Å². The molecular weight excluding hydrogens is 186 g/mol. The SMILES string of the molecule is CC1CC(=O)c2nc(Cl)ccc2C1. The van der Waals surface area contributed by atoms with Crippen molar-refractivity contribution in [2.75, 3.05) is 0 Å². The number of halogens is 1. The summed E-state index contributed by atoms with van der Waals surface area (Å²) in [4.78, 5) is 15.6. The van der Waals surface area contributed by atoms with E-state index in [9.17, 15) is 4.79 Å². The molecule has 0 saturated heterocycles. The van der Waals surface area contributed by atoms with Crippen LogP contribution in [0.2, 0.25) is 5.15 Å². The van der Waals surface area contributed by atoms with Crippen LogP contribution >= 0.6 is 11.6 Å². The summed E-state index contributed by atoms with van der Waals surface area (Å²) in [6.07, 6.45) is 1.53. The lowest BCUT2D eigenvalue weighted by molar-refractivity contribution is 0.0948. The van der Waals surface area contributed by atoms with E-state index in [1.54, 1.807) is 6.07 Å². The molecule has 1 unspecified atom stereocenters. The van der Waals surface area contributed by atoms with Gasteiger partial charge < -0.3 is 0 Å². The summed E-state index contributed by atoms with van der Waals surface area (Å²) < 4.78 is 0. The highest BCUT2D eigenvalue weighted by Gasteiger charge is 2.23. The van der Waals surface area contributed by atoms with Crippen molar-refractivity contribution < 1.29 is 4.79 Å². The Hall–Kier alpha value is -0.890. The zero-order chi connectivity index (χ0) is 9.42. The Morgan fingerprint density at radius 1 is 1.46 bits per heavy atom. The zero-order valence-electron chi connectivity index (χ0n) is 7.38. The predicted molar refractivity (Wildman–Crippen MR) is 51.1 cm³/mol. The van der Waals surface area contributed by atoms with Gasteiger partial charge in [-0.05, 0) is 24.0 Å². The fourth-order valence-electron chi connectivity index (χ4n) is 1.73. The molecular formula is C10H10ClNO. The van der Waals surface area contributed by atoms with Crippen LogP contribution in [0.1, 0.15) is 29.4 Å². The molecule has 0 aromatic carbocycles. The van der Waals surface area contributed by atoms with Gasteiger partial charge in [-0.15, -0.1) is 0 Å². The van der Waals surface area contributed by atoms with Crippen LogP contribution in [-0.2, 0) is 6.42 Å². The molecule has 1 aromatic rings. The van der Waals surface area contributed by atoms with Crippen LogP contribution in [0.15, 0.2) is 12.1 Å². The maximum Gasteiger partial charge on any atom is 0.181 e. The number of carbonyl (C=O) groups excluding carboxylic acids is 1. The van der Waals surface area contributed by atoms with Crippen molar-refractivity contribution in [2.45, 2.75) is 19.8 Å². The lowest BCUT2D eigenvalue weighted by Crippen LogP contribution is -2.19. The summed E-state index contributed by atoms with van der Waals surface area (Å²) in [6, 6.07) is 3.64. The summed E-state index contributed by atoms with van der Waals surface area (Å²) >= 11 is 5.72. The molecule has 1 heterocycles. The van der Waals surface area contributed by atoms with Crippen molar-refractivity contribution in [2.24, 2.45) is 5.92 Å². The first-order valence-electron chi connectivity index (χ1n) is 4.35. The lowest BCUT2D eigenvalue weighted by Gasteiger charge is -2.18. The maximum atomic E-state index is 11.5. The van der Waals surface area contributed by atoms with Crippen molar-refractivity contribution >= 4 is 17.4 Å². The molecule has 0 saturated carbocycles. The highest BCUT2D eigenvalue weighted by molar-refractivity contribution is 6.29. The molecule has 0 spiro atoms. The Kier molecular flexibility index (Phi) is 2.08. The molecule has 0 aliphatic heterocycles. The average molecular weight is 196 g/mol. The van der Waals surface area contributed by atoms with Gasteiger partial charge in [0.1, 0.15) is 10.8 Å². The van der Waals surface area contributed by atoms with Crippen molar-refractivity contribution in [3.05, 3.63) is 28.5 Å². The molecule has 68 valence electrons. The number of nitrogens with zero attached hydrogens (tertiary/aromatic N) is 1. The molecule has 2 nitrogen and oxygen atoms in total. The second-order valence-electron chi connectivity index (χ2n) is 3.58. The summed E-state index contributed by atoms with van der Waals surface area (Å²) in [7, 11) is 0. The summed E-state index contributed by atoms with van der Waals surface area (Å²) in [6.45, 7) is 2.08. The van der Waals surface area contributed by atoms with E-state index >= 15 is 0 Å². The zero-order valence-corrected chi connectivity index (χ0v) is 8.14. The van der Waals surface area contributed by atoms with E-state index in [1.807, 2.05) is 6.07 Å². The van der Waals surface area contributed by atoms with Gasteiger partial charge in [-0.3, -0.25) is 4.79 Å². The number of Topliss-reactive ketones (excluding diaryl/α,β-unsaturated/α-hetero) is 1. The van der Waals surface area contributed by atoms with E-state index in [0.717, 1.165) is 12.0 Å². The molecule has 3 heteroatoms. The molecule has 1 aliphatic carbocycles. The summed E-state index contributed by atoms with van der Waals surface area (Å²) in [5.41, 5.74) is 1.61. The molecule has 0 bridgehead atoms. The van der Waals surface area contributed by atoms with Crippen molar-refractivity contribution in [3.8, 4) is 0 Å². The molecule has 0 radical (unpaired) electrons. The predicted octanol–water partition coefficient (Wildman–Crippen LogP) is 2.50. The van der Waals surface area contributed by atoms with Crippen LogP contribution < -0.4 is 0 Å². The van der Waals surface area contributed by atoms with E-state index in [0.29, 0.717) is 23.2 Å². The van der Waals surface area contributed by atoms with Gasteiger partial charge in [-0.25, -0.2) is 4.98 Å². The molecule has 0 N–H and O–H groups in total. The number of aromatic nitrogens is 1. The van der Waals surface area contributed by atoms with Crippen LogP contribution in [0.3, 0.4) is 0 Å². The molecule has 1 aromatic heterocycles. The minimum absolute atomic E-state index is 0.122. The fraction of sp³-hybridized carbons (Fsp3) is 0.400. The third kappa shape index (κ3) is 1.59. The molecule has 1 atom stereocenters. The first kappa shape index (κ1) is 8.70. The standard InChI is InChI=1S/C10H10ClNO/c1-6-4-7-2-3-9(11)12-10(7)8(13)5-6/h2-3,6H,4-5H2,1H3. The fourth-order valence-corrected chi connectivity index (χ4v) is 1.88. The van der Waals surface area contributed by atoms with E-state index < -0.39 is 0 Å². The Bertz CT molecular complexity index is 362. The van der Waals surface area contributed by atoms with Crippen LogP contribution in [0.4, 0.5) is 0 Å². The number of rotatable bonds is 0. The van der Waals surface area contributed by atoms with E-state index in [2.05, 4.69) is 11.9 Å². The van der Waals surface area contributed by atoms with Gasteiger partial charge in [0, 0.05) is 6.42 Å². The van der Waals surface area contributed by atoms with Gasteiger partial charge in [0.05, 0.1) is 0 Å². The third-order valence-electron chi connectivity index (χ3n) is 2.31. The Balaban J connectivity index is 2.49. The Morgan fingerprint density at radius 3 is 3.00 bits per heavy atom. The second kappa shape index (κ2) is 3.11. The largest absolute Gasteiger partial charge is 0.292 e. The second-order valence-corrected chi connectivity index (χ2v) is 3.97. The van der Waals surface area contributed by atoms with Gasteiger partial charge >= 0.3 is 0 Å². The minimum Gasteiger partial charge on any atom is -0.292 e. The number of fused-ring (bicyclic) bond motifs is 1. The van der Waals surface area contributed by atoms with Crippen LogP contribution in [-0.4, -0.2) is 10.8 Å². The van der Waals surface area contributed by atoms with Crippen molar-refractivity contribution in [3.63, 3.8) is 0 Å². The van der Waals surface area contributed by atoms with E-state index in [4.69, 9.17) is 11.6 Å². The molecule has 13 heavy (non-hydrogen) atoms. The Morgan fingerprint density at radius 2 is 2.23 bits per heavy atom. The summed E-state index contributed by atoms with van der Waals surface area (Å²) in [5, 5.41) is 0.404. The minimum atomic E-state index is 0.122. The number of pyridine rings is 1. The van der Waals surface area contributed by atoms with Crippen LogP contribution in [0.5, 0.6) is 0 Å². The van der Waals surface area contributed by atoms with Gasteiger partial charge in [0.15, 0.2) is 5.78 Å². The number of ketones is 1. The normalized spacial score (nSPS) is 21.4. The van der Waals surface area contributed by atoms with Crippen LogP contribution in [0.25, 0.3) is 0 Å². The van der Waals surface area contributed by atoms with Gasteiger partial charge in [0.2, 0.25) is 0 Å². The maximum absolute atomic E-state index is 11.5. The highest BCUT2D eigenvalue weighted by Crippen LogP contribution is 2.24. The number of hydrogen-bond donors (Lipinski definition) is 0. The summed E-state index contributed by atoms with van der Waals surface area (Å²) in [5.74, 6) is 0.555. The van der Waals surface area contributed by atoms with Crippen molar-refractivity contribution in [1.82, 2.24) is 4.98 Å². The number of hydrogen-bond acceptors (Lipinski definition) is 2. The van der Waals surface area contributed by atoms with Gasteiger partial charge in [-0.2, -0.15) is 0 Å². The van der Waals surface area contributed by atoms with E-state index in [1.165, 1.54) is 0 Å². The van der Waals surface area contributed by atoms with Gasteiger partial charge in [0.25, 0.3) is 0 Å². The van der Waals surface area contributed by atoms with E-state index in [-0.39, 0.29) is 5.78 Å². The first-order valence-corrected chi connectivity index (χ1v) is 4.73. The smallest absolute Gasteiger partial charge is 0.181 e. The van der Waals surface area contributed by atoms with Crippen molar-refractivity contribution in [1.29, 1.82) is 0 Å². The van der Waals surface area contributed by atoms with Crippen LogP contribution in [0, 0.1) is 5.92 Å². The van der Waals surface area contributed by atoms with Gasteiger partial charge in [-0.1, -0.05) is 24.6 Å². The third-order valence-corrected chi connectivity index (χ3v) is 2.52.